The summed E-state index contributed by atoms with van der Waals surface area (Å²) >= 11 is 0. The van der Waals surface area contributed by atoms with Gasteiger partial charge in [0.1, 0.15) is 5.75 Å². The first-order chi connectivity index (χ1) is 19.6. The van der Waals surface area contributed by atoms with Crippen LogP contribution in [0.4, 0.5) is 11.5 Å². The second-order valence-electron chi connectivity index (χ2n) is 11.9. The Morgan fingerprint density at radius 3 is 2.62 bits per heavy atom. The molecule has 0 bridgehead atoms. The van der Waals surface area contributed by atoms with Gasteiger partial charge in [0.15, 0.2) is 5.82 Å². The van der Waals surface area contributed by atoms with Gasteiger partial charge in [-0.05, 0) is 77.1 Å². The Hall–Kier alpha value is -2.50. The van der Waals surface area contributed by atoms with Crippen LogP contribution in [0, 0.1) is 0 Å². The minimum Gasteiger partial charge on any atom is -0.507 e. The van der Waals surface area contributed by atoms with E-state index in [4.69, 9.17) is 4.74 Å². The van der Waals surface area contributed by atoms with Crippen LogP contribution in [0.2, 0.25) is 0 Å². The highest BCUT2D eigenvalue weighted by Gasteiger charge is 2.31. The second-order valence-corrected chi connectivity index (χ2v) is 11.9. The van der Waals surface area contributed by atoms with Crippen molar-refractivity contribution >= 4 is 11.5 Å². The molecule has 40 heavy (non-hydrogen) atoms. The van der Waals surface area contributed by atoms with E-state index in [1.807, 2.05) is 18.2 Å². The molecule has 10 nitrogen and oxygen atoms in total. The van der Waals surface area contributed by atoms with Crippen LogP contribution in [-0.2, 0) is 4.74 Å². The lowest BCUT2D eigenvalue weighted by molar-refractivity contribution is -0.00648. The fourth-order valence-electron chi connectivity index (χ4n) is 6.88. The van der Waals surface area contributed by atoms with Crippen LogP contribution in [0.1, 0.15) is 25.7 Å². The number of phenols is 1. The summed E-state index contributed by atoms with van der Waals surface area (Å²) in [4.78, 5) is 10.4. The van der Waals surface area contributed by atoms with Crippen molar-refractivity contribution in [1.29, 1.82) is 0 Å². The topological polar surface area (TPSA) is 92.3 Å². The van der Waals surface area contributed by atoms with Gasteiger partial charge in [0.2, 0.25) is 0 Å². The number of likely N-dealkylation sites (tertiary alicyclic amines) is 2. The first kappa shape index (κ1) is 27.7. The van der Waals surface area contributed by atoms with E-state index in [-0.39, 0.29) is 5.75 Å². The third kappa shape index (κ3) is 6.52. The lowest BCUT2D eigenvalue weighted by atomic mass is 9.97. The molecule has 10 heteroatoms. The number of nitrogens with zero attached hydrogens (tertiary/aromatic N) is 6. The standard InChI is InChI=1S/C30H46N8O2/c1-35(17-18-38-16-10-32-30-28(38)20-27(33-34-30)26-4-2-3-5-29(26)39)23-8-14-37(15-9-23)24-6-12-36(13-7-24)22-25-21-31-11-19-40-25/h2-5,20,23-25,31,39H,6-19,21-22H2,1H3,(H,32,34). The third-order valence-electron chi connectivity index (χ3n) is 9.35. The smallest absolute Gasteiger partial charge is 0.172 e. The molecule has 1 aromatic carbocycles. The molecule has 4 aliphatic rings. The quantitative estimate of drug-likeness (QED) is 0.453. The molecule has 0 radical (unpaired) electrons. The molecule has 1 unspecified atom stereocenters. The van der Waals surface area contributed by atoms with E-state index in [9.17, 15) is 5.11 Å². The van der Waals surface area contributed by atoms with E-state index in [2.05, 4.69) is 53.5 Å². The van der Waals surface area contributed by atoms with Crippen molar-refractivity contribution in [3.63, 3.8) is 0 Å². The first-order valence-corrected chi connectivity index (χ1v) is 15.3. The molecule has 1 atom stereocenters. The Bertz CT molecular complexity index is 1100. The fraction of sp³-hybridized carbons (Fsp3) is 0.667. The molecular formula is C30H46N8O2. The average molecular weight is 551 g/mol. The number of morpholine rings is 1. The van der Waals surface area contributed by atoms with Crippen LogP contribution in [0.15, 0.2) is 30.3 Å². The van der Waals surface area contributed by atoms with Gasteiger partial charge in [-0.2, -0.15) is 0 Å². The fourth-order valence-corrected chi connectivity index (χ4v) is 6.88. The van der Waals surface area contributed by atoms with Gasteiger partial charge in [0.25, 0.3) is 0 Å². The summed E-state index contributed by atoms with van der Waals surface area (Å²) in [5.74, 6) is 1.06. The van der Waals surface area contributed by atoms with Crippen molar-refractivity contribution in [1.82, 2.24) is 30.2 Å². The number of piperidine rings is 2. The number of phenolic OH excluding ortho intramolecular Hbond substituents is 1. The maximum atomic E-state index is 10.3. The van der Waals surface area contributed by atoms with Crippen molar-refractivity contribution in [2.75, 3.05) is 95.9 Å². The molecule has 0 saturated carbocycles. The summed E-state index contributed by atoms with van der Waals surface area (Å²) in [5, 5.41) is 26.0. The third-order valence-corrected chi connectivity index (χ3v) is 9.35. The van der Waals surface area contributed by atoms with E-state index < -0.39 is 0 Å². The number of aromatic nitrogens is 2. The Balaban J connectivity index is 0.964. The first-order valence-electron chi connectivity index (χ1n) is 15.3. The minimum atomic E-state index is 0.232. The van der Waals surface area contributed by atoms with Crippen LogP contribution in [0.5, 0.6) is 5.75 Å². The summed E-state index contributed by atoms with van der Waals surface area (Å²) < 4.78 is 5.92. The zero-order valence-electron chi connectivity index (χ0n) is 24.0. The number of ether oxygens (including phenoxy) is 1. The molecule has 0 aliphatic carbocycles. The van der Waals surface area contributed by atoms with Gasteiger partial charge in [-0.15, -0.1) is 10.2 Å². The van der Waals surface area contributed by atoms with Gasteiger partial charge in [-0.3, -0.25) is 0 Å². The van der Waals surface area contributed by atoms with E-state index in [0.717, 1.165) is 70.0 Å². The summed E-state index contributed by atoms with van der Waals surface area (Å²) in [7, 11) is 2.29. The van der Waals surface area contributed by atoms with Gasteiger partial charge in [-0.25, -0.2) is 0 Å². The van der Waals surface area contributed by atoms with E-state index in [1.165, 1.54) is 51.9 Å². The predicted octanol–water partition coefficient (Wildman–Crippen LogP) is 1.93. The zero-order valence-corrected chi connectivity index (χ0v) is 24.0. The summed E-state index contributed by atoms with van der Waals surface area (Å²) in [6.45, 7) is 12.5. The van der Waals surface area contributed by atoms with Crippen molar-refractivity contribution < 1.29 is 9.84 Å². The molecule has 0 spiro atoms. The lowest BCUT2D eigenvalue weighted by Gasteiger charge is -2.44. The highest BCUT2D eigenvalue weighted by Crippen LogP contribution is 2.33. The van der Waals surface area contributed by atoms with Gasteiger partial charge in [0.05, 0.1) is 24.1 Å². The van der Waals surface area contributed by atoms with Crippen molar-refractivity contribution in [3.8, 4) is 17.0 Å². The van der Waals surface area contributed by atoms with Crippen LogP contribution in [0.3, 0.4) is 0 Å². The summed E-state index contributed by atoms with van der Waals surface area (Å²) in [6.07, 6.45) is 5.43. The van der Waals surface area contributed by atoms with Gasteiger partial charge in [0, 0.05) is 63.5 Å². The molecule has 218 valence electrons. The largest absolute Gasteiger partial charge is 0.507 e. The van der Waals surface area contributed by atoms with Crippen LogP contribution in [0.25, 0.3) is 11.3 Å². The number of anilines is 2. The van der Waals surface area contributed by atoms with Gasteiger partial charge >= 0.3 is 0 Å². The molecule has 3 saturated heterocycles. The number of nitrogens with one attached hydrogen (secondary N) is 2. The Kier molecular flexibility index (Phi) is 8.98. The average Bonchev–Trinajstić information content (AvgIpc) is 3.01. The maximum Gasteiger partial charge on any atom is 0.172 e. The van der Waals surface area contributed by atoms with Crippen molar-refractivity contribution in [3.05, 3.63) is 30.3 Å². The monoisotopic (exact) mass is 550 g/mol. The lowest BCUT2D eigenvalue weighted by Crippen LogP contribution is -2.53. The molecule has 0 amide bonds. The molecule has 1 aromatic heterocycles. The molecule has 6 rings (SSSR count). The highest BCUT2D eigenvalue weighted by atomic mass is 16.5. The summed E-state index contributed by atoms with van der Waals surface area (Å²) in [5.41, 5.74) is 2.49. The van der Waals surface area contributed by atoms with Crippen LogP contribution in [-0.4, -0.2) is 134 Å². The van der Waals surface area contributed by atoms with Crippen molar-refractivity contribution in [2.45, 2.75) is 43.9 Å². The molecule has 3 N–H and O–H groups in total. The number of aromatic hydroxyl groups is 1. The van der Waals surface area contributed by atoms with Crippen LogP contribution >= 0.6 is 0 Å². The van der Waals surface area contributed by atoms with Gasteiger partial charge in [-0.1, -0.05) is 12.1 Å². The molecule has 3 fully saturated rings. The number of hydrogen-bond acceptors (Lipinski definition) is 10. The number of rotatable bonds is 8. The SMILES string of the molecule is CN(CCN1CCNc2nnc(-c3ccccc3O)cc21)C1CCN(C2CCN(CC3CNCCO3)CC2)CC1. The Morgan fingerprint density at radius 1 is 1.02 bits per heavy atom. The molecular weight excluding hydrogens is 504 g/mol. The Morgan fingerprint density at radius 2 is 1.85 bits per heavy atom. The Labute approximate surface area is 238 Å². The number of para-hydroxylation sites is 1. The number of hydrogen-bond donors (Lipinski definition) is 3. The molecule has 2 aromatic rings. The number of benzene rings is 1. The number of fused-ring (bicyclic) bond motifs is 1. The molecule has 5 heterocycles. The zero-order chi connectivity index (χ0) is 27.3. The van der Waals surface area contributed by atoms with Gasteiger partial charge < -0.3 is 40.1 Å². The van der Waals surface area contributed by atoms with E-state index in [1.54, 1.807) is 6.07 Å². The maximum absolute atomic E-state index is 10.3. The molecule has 4 aliphatic heterocycles. The van der Waals surface area contributed by atoms with Crippen molar-refractivity contribution in [2.24, 2.45) is 0 Å². The van der Waals surface area contributed by atoms with E-state index >= 15 is 0 Å². The number of likely N-dealkylation sites (N-methyl/N-ethyl adjacent to an activating group) is 1. The summed E-state index contributed by atoms with van der Waals surface area (Å²) in [6, 6.07) is 10.8. The van der Waals surface area contributed by atoms with E-state index in [0.29, 0.717) is 23.4 Å². The van der Waals surface area contributed by atoms with Crippen LogP contribution < -0.4 is 15.5 Å². The highest BCUT2D eigenvalue weighted by molar-refractivity contribution is 5.75. The second kappa shape index (κ2) is 13.0. The minimum absolute atomic E-state index is 0.232. The normalized spacial score (nSPS) is 23.8. The predicted molar refractivity (Wildman–Crippen MR) is 159 cm³/mol.